The molecule has 162 valence electrons. The second-order valence-corrected chi connectivity index (χ2v) is 7.50. The second-order valence-electron chi connectivity index (χ2n) is 7.50. The lowest BCUT2D eigenvalue weighted by molar-refractivity contribution is -0.139. The summed E-state index contributed by atoms with van der Waals surface area (Å²) in [6.45, 7) is 0.0179. The van der Waals surface area contributed by atoms with Gasteiger partial charge in [0.15, 0.2) is 5.78 Å². The Morgan fingerprint density at radius 1 is 0.938 bits per heavy atom. The zero-order valence-electron chi connectivity index (χ0n) is 17.0. The van der Waals surface area contributed by atoms with Crippen LogP contribution in [0.4, 0.5) is 9.18 Å². The predicted octanol–water partition coefficient (Wildman–Crippen LogP) is 4.39. The van der Waals surface area contributed by atoms with Crippen LogP contribution in [0.5, 0.6) is 0 Å². The van der Waals surface area contributed by atoms with Crippen molar-refractivity contribution in [3.05, 3.63) is 95.3 Å². The van der Waals surface area contributed by atoms with Crippen LogP contribution in [-0.4, -0.2) is 35.6 Å². The molecule has 4 rings (SSSR count). The minimum absolute atomic E-state index is 0.0179. The van der Waals surface area contributed by atoms with Gasteiger partial charge >= 0.3 is 12.1 Å². The van der Waals surface area contributed by atoms with Crippen LogP contribution in [0.3, 0.4) is 0 Å². The molecule has 0 saturated heterocycles. The molecule has 0 saturated carbocycles. The van der Waals surface area contributed by atoms with Gasteiger partial charge in [0.2, 0.25) is 0 Å². The number of rotatable bonds is 7. The van der Waals surface area contributed by atoms with E-state index in [0.717, 1.165) is 28.3 Å². The topological polar surface area (TPSA) is 92.7 Å². The van der Waals surface area contributed by atoms with Crippen molar-refractivity contribution in [1.29, 1.82) is 0 Å². The summed E-state index contributed by atoms with van der Waals surface area (Å²) in [7, 11) is 0. The Morgan fingerprint density at radius 2 is 1.56 bits per heavy atom. The second kappa shape index (κ2) is 9.01. The van der Waals surface area contributed by atoms with Gasteiger partial charge in [-0.25, -0.2) is 14.0 Å². The zero-order valence-corrected chi connectivity index (χ0v) is 17.0. The molecule has 6 nitrogen and oxygen atoms in total. The van der Waals surface area contributed by atoms with E-state index in [2.05, 4.69) is 5.32 Å². The van der Waals surface area contributed by atoms with Gasteiger partial charge in [-0.05, 0) is 34.4 Å². The van der Waals surface area contributed by atoms with Crippen LogP contribution in [0.25, 0.3) is 11.1 Å². The maximum absolute atomic E-state index is 13.3. The summed E-state index contributed by atoms with van der Waals surface area (Å²) >= 11 is 0. The highest BCUT2D eigenvalue weighted by molar-refractivity contribution is 5.99. The van der Waals surface area contributed by atoms with E-state index in [9.17, 15) is 23.9 Å². The SMILES string of the molecule is O=C(NC(CC(=O)c1cccc(F)c1)C(=O)O)OCC1c2ccccc2-c2ccccc21. The first kappa shape index (κ1) is 21.2. The zero-order chi connectivity index (χ0) is 22.7. The number of aliphatic carboxylic acids is 1. The molecule has 2 N–H and O–H groups in total. The van der Waals surface area contributed by atoms with Crippen molar-refractivity contribution in [3.63, 3.8) is 0 Å². The van der Waals surface area contributed by atoms with Gasteiger partial charge in [-0.15, -0.1) is 0 Å². The summed E-state index contributed by atoms with van der Waals surface area (Å²) in [6.07, 6.45) is -1.46. The molecule has 0 bridgehead atoms. The van der Waals surface area contributed by atoms with Gasteiger partial charge in [0.25, 0.3) is 0 Å². The highest BCUT2D eigenvalue weighted by Crippen LogP contribution is 2.44. The molecule has 0 radical (unpaired) electrons. The van der Waals surface area contributed by atoms with E-state index < -0.39 is 36.1 Å². The fourth-order valence-electron chi connectivity index (χ4n) is 3.95. The number of halogens is 1. The Balaban J connectivity index is 1.41. The molecule has 0 heterocycles. The molecule has 1 amide bonds. The largest absolute Gasteiger partial charge is 0.480 e. The summed E-state index contributed by atoms with van der Waals surface area (Å²) in [5.74, 6) is -2.77. The predicted molar refractivity (Wildman–Crippen MR) is 115 cm³/mol. The molecule has 1 aliphatic rings. The summed E-state index contributed by atoms with van der Waals surface area (Å²) in [5.41, 5.74) is 4.23. The third kappa shape index (κ3) is 4.37. The molecule has 32 heavy (non-hydrogen) atoms. The van der Waals surface area contributed by atoms with E-state index in [0.29, 0.717) is 0 Å². The van der Waals surface area contributed by atoms with E-state index >= 15 is 0 Å². The number of carboxylic acids is 1. The monoisotopic (exact) mass is 433 g/mol. The van der Waals surface area contributed by atoms with Gasteiger partial charge in [-0.2, -0.15) is 0 Å². The third-order valence-electron chi connectivity index (χ3n) is 5.47. The molecular formula is C25H20FNO5. The standard InChI is InChI=1S/C25H20FNO5/c26-16-7-5-6-15(12-16)23(28)13-22(24(29)30)27-25(31)32-14-21-19-10-3-1-8-17(19)18-9-2-4-11-20(18)21/h1-12,21-22H,13-14H2,(H,27,31)(H,29,30). The normalized spacial score (nSPS) is 13.0. The van der Waals surface area contributed by atoms with E-state index in [4.69, 9.17) is 4.74 Å². The van der Waals surface area contributed by atoms with E-state index in [1.54, 1.807) is 0 Å². The number of hydrogen-bond donors (Lipinski definition) is 2. The van der Waals surface area contributed by atoms with Crippen LogP contribution < -0.4 is 5.32 Å². The number of amides is 1. The highest BCUT2D eigenvalue weighted by atomic mass is 19.1. The molecular weight excluding hydrogens is 413 g/mol. The van der Waals surface area contributed by atoms with Crippen LogP contribution in [-0.2, 0) is 9.53 Å². The van der Waals surface area contributed by atoms with Crippen molar-refractivity contribution in [2.75, 3.05) is 6.61 Å². The summed E-state index contributed by atoms with van der Waals surface area (Å²) in [4.78, 5) is 36.2. The molecule has 0 spiro atoms. The van der Waals surface area contributed by atoms with Crippen LogP contribution in [0, 0.1) is 5.82 Å². The van der Waals surface area contributed by atoms with Crippen molar-refractivity contribution < 1.29 is 28.6 Å². The number of ketones is 1. The minimum atomic E-state index is -1.50. The Bertz CT molecular complexity index is 1150. The Hall–Kier alpha value is -4.00. The van der Waals surface area contributed by atoms with E-state index in [-0.39, 0.29) is 18.1 Å². The molecule has 1 aliphatic carbocycles. The Kier molecular flexibility index (Phi) is 5.98. The number of carbonyl (C=O) groups excluding carboxylic acids is 2. The molecule has 1 atom stereocenters. The van der Waals surface area contributed by atoms with Crippen LogP contribution in [0.2, 0.25) is 0 Å². The smallest absolute Gasteiger partial charge is 0.407 e. The first-order valence-corrected chi connectivity index (χ1v) is 10.1. The van der Waals surface area contributed by atoms with Crippen molar-refractivity contribution >= 4 is 17.8 Å². The molecule has 0 fully saturated rings. The summed E-state index contributed by atoms with van der Waals surface area (Å²) in [5, 5.41) is 11.6. The van der Waals surface area contributed by atoms with Gasteiger partial charge in [0.05, 0.1) is 0 Å². The van der Waals surface area contributed by atoms with Crippen LogP contribution in [0.15, 0.2) is 72.8 Å². The first-order chi connectivity index (χ1) is 15.4. The lowest BCUT2D eigenvalue weighted by Gasteiger charge is -2.17. The fraction of sp³-hybridized carbons (Fsp3) is 0.160. The molecule has 3 aromatic carbocycles. The number of alkyl carbamates (subject to hydrolysis) is 1. The number of benzene rings is 3. The lowest BCUT2D eigenvalue weighted by atomic mass is 9.98. The average Bonchev–Trinajstić information content (AvgIpc) is 3.11. The van der Waals surface area contributed by atoms with Gasteiger partial charge < -0.3 is 15.2 Å². The maximum Gasteiger partial charge on any atom is 0.407 e. The first-order valence-electron chi connectivity index (χ1n) is 10.1. The molecule has 7 heteroatoms. The number of Topliss-reactive ketones (excluding diaryl/α,β-unsaturated/α-hetero) is 1. The van der Waals surface area contributed by atoms with Gasteiger partial charge in [-0.1, -0.05) is 60.7 Å². The van der Waals surface area contributed by atoms with E-state index in [1.807, 2.05) is 48.5 Å². The number of nitrogens with one attached hydrogen (secondary N) is 1. The number of hydrogen-bond acceptors (Lipinski definition) is 4. The van der Waals surface area contributed by atoms with Gasteiger partial charge in [-0.3, -0.25) is 4.79 Å². The van der Waals surface area contributed by atoms with Crippen molar-refractivity contribution in [2.24, 2.45) is 0 Å². The molecule has 3 aromatic rings. The van der Waals surface area contributed by atoms with Gasteiger partial charge in [0.1, 0.15) is 18.5 Å². The number of fused-ring (bicyclic) bond motifs is 3. The molecule has 0 aliphatic heterocycles. The molecule has 1 unspecified atom stereocenters. The number of carbonyl (C=O) groups is 3. The number of ether oxygens (including phenoxy) is 1. The minimum Gasteiger partial charge on any atom is -0.480 e. The van der Waals surface area contributed by atoms with Crippen molar-refractivity contribution in [1.82, 2.24) is 5.32 Å². The number of carboxylic acid groups (broad SMARTS) is 1. The van der Waals surface area contributed by atoms with Crippen molar-refractivity contribution in [3.8, 4) is 11.1 Å². The quantitative estimate of drug-likeness (QED) is 0.539. The summed E-state index contributed by atoms with van der Waals surface area (Å²) in [6, 6.07) is 19.1. The van der Waals surface area contributed by atoms with Crippen LogP contribution >= 0.6 is 0 Å². The average molecular weight is 433 g/mol. The highest BCUT2D eigenvalue weighted by Gasteiger charge is 2.30. The summed E-state index contributed by atoms with van der Waals surface area (Å²) < 4.78 is 18.7. The Labute approximate surface area is 183 Å². The third-order valence-corrected chi connectivity index (χ3v) is 5.47. The van der Waals surface area contributed by atoms with E-state index in [1.165, 1.54) is 18.2 Å². The molecule has 0 aromatic heterocycles. The van der Waals surface area contributed by atoms with Crippen LogP contribution in [0.1, 0.15) is 33.8 Å². The van der Waals surface area contributed by atoms with Gasteiger partial charge in [0, 0.05) is 17.9 Å². The maximum atomic E-state index is 13.3. The van der Waals surface area contributed by atoms with Crippen molar-refractivity contribution in [2.45, 2.75) is 18.4 Å². The Morgan fingerprint density at radius 3 is 2.16 bits per heavy atom. The lowest BCUT2D eigenvalue weighted by Crippen LogP contribution is -2.42. The fourth-order valence-corrected chi connectivity index (χ4v) is 3.95.